The average molecular weight is 347 g/mol. The second kappa shape index (κ2) is 7.65. The van der Waals surface area contributed by atoms with Crippen LogP contribution in [0.4, 0.5) is 11.6 Å². The molecule has 1 saturated carbocycles. The lowest BCUT2D eigenvalue weighted by molar-refractivity contribution is 0.687. The lowest BCUT2D eigenvalue weighted by Crippen LogP contribution is -2.21. The molecule has 6 nitrogen and oxygen atoms in total. The average Bonchev–Trinajstić information content (AvgIpc) is 2.92. The molecule has 1 aliphatic carbocycles. The molecule has 2 aromatic rings. The van der Waals surface area contributed by atoms with E-state index in [-0.39, 0.29) is 24.5 Å². The Morgan fingerprint density at radius 2 is 2.12 bits per heavy atom. The molecule has 0 spiro atoms. The molecule has 3 rings (SSSR count). The quantitative estimate of drug-likeness (QED) is 0.786. The summed E-state index contributed by atoms with van der Waals surface area (Å²) in [6.07, 6.45) is 4.89. The highest BCUT2D eigenvalue weighted by molar-refractivity contribution is 5.93. The minimum absolute atomic E-state index is 0. The molecule has 128 valence electrons. The largest absolute Gasteiger partial charge is 0.367 e. The highest BCUT2D eigenvalue weighted by Crippen LogP contribution is 2.27. The van der Waals surface area contributed by atoms with Gasteiger partial charge in [0, 0.05) is 35.1 Å². The summed E-state index contributed by atoms with van der Waals surface area (Å²) < 4.78 is 0. The van der Waals surface area contributed by atoms with E-state index in [4.69, 9.17) is 11.0 Å². The molecule has 1 aliphatic rings. The zero-order valence-corrected chi connectivity index (χ0v) is 14.7. The van der Waals surface area contributed by atoms with Crippen molar-refractivity contribution in [3.05, 3.63) is 24.0 Å². The highest BCUT2D eigenvalue weighted by atomic mass is 35.5. The summed E-state index contributed by atoms with van der Waals surface area (Å²) in [5.74, 6) is 1.55. The first-order valence-electron chi connectivity index (χ1n) is 8.04. The Morgan fingerprint density at radius 1 is 1.33 bits per heavy atom. The molecule has 2 heterocycles. The molecule has 0 amide bonds. The number of aromatic nitrogens is 2. The Balaban J connectivity index is 0.00000208. The molecule has 1 fully saturated rings. The van der Waals surface area contributed by atoms with Gasteiger partial charge in [0.15, 0.2) is 0 Å². The van der Waals surface area contributed by atoms with Crippen molar-refractivity contribution in [1.82, 2.24) is 9.97 Å². The second-order valence-electron chi connectivity index (χ2n) is 6.47. The van der Waals surface area contributed by atoms with Gasteiger partial charge in [-0.15, -0.1) is 12.4 Å². The summed E-state index contributed by atoms with van der Waals surface area (Å²) >= 11 is 0. The van der Waals surface area contributed by atoms with Crippen LogP contribution in [0.5, 0.6) is 0 Å². The van der Waals surface area contributed by atoms with Crippen molar-refractivity contribution in [2.75, 3.05) is 10.6 Å². The van der Waals surface area contributed by atoms with Gasteiger partial charge in [0.1, 0.15) is 23.4 Å². The first-order valence-corrected chi connectivity index (χ1v) is 8.04. The molecule has 0 aliphatic heterocycles. The predicted molar refractivity (Wildman–Crippen MR) is 99.5 cm³/mol. The normalized spacial score (nSPS) is 19.8. The molecule has 0 unspecified atom stereocenters. The Morgan fingerprint density at radius 3 is 2.75 bits per heavy atom. The van der Waals surface area contributed by atoms with Crippen molar-refractivity contribution < 1.29 is 0 Å². The number of nitriles is 1. The van der Waals surface area contributed by atoms with Crippen LogP contribution in [-0.4, -0.2) is 28.1 Å². The fraction of sp³-hybridized carbons (Fsp3) is 0.471. The Labute approximate surface area is 148 Å². The smallest absolute Gasteiger partial charge is 0.143 e. The van der Waals surface area contributed by atoms with E-state index in [0.717, 1.165) is 41.7 Å². The van der Waals surface area contributed by atoms with Crippen LogP contribution in [-0.2, 0) is 0 Å². The summed E-state index contributed by atoms with van der Waals surface area (Å²) in [4.78, 5) is 8.87. The van der Waals surface area contributed by atoms with Crippen molar-refractivity contribution in [3.8, 4) is 6.07 Å². The van der Waals surface area contributed by atoms with E-state index in [2.05, 4.69) is 26.7 Å². The maximum Gasteiger partial charge on any atom is 0.143 e. The van der Waals surface area contributed by atoms with E-state index < -0.39 is 0 Å². The van der Waals surface area contributed by atoms with Gasteiger partial charge in [0.25, 0.3) is 0 Å². The number of pyridine rings is 2. The molecule has 24 heavy (non-hydrogen) atoms. The van der Waals surface area contributed by atoms with Crippen LogP contribution in [0.25, 0.3) is 10.8 Å². The number of nitrogens with two attached hydrogens (primary N) is 1. The zero-order chi connectivity index (χ0) is 16.4. The van der Waals surface area contributed by atoms with Gasteiger partial charge >= 0.3 is 0 Å². The first kappa shape index (κ1) is 18.2. The molecular weight excluding hydrogens is 324 g/mol. The van der Waals surface area contributed by atoms with E-state index >= 15 is 0 Å². The third-order valence-electron chi connectivity index (χ3n) is 4.08. The third-order valence-corrected chi connectivity index (χ3v) is 4.08. The topological polar surface area (TPSA) is 99.6 Å². The summed E-state index contributed by atoms with van der Waals surface area (Å²) in [6.45, 7) is 4.10. The summed E-state index contributed by atoms with van der Waals surface area (Å²) in [6, 6.07) is 6.76. The molecule has 0 aromatic carbocycles. The van der Waals surface area contributed by atoms with Crippen LogP contribution in [0.15, 0.2) is 18.3 Å². The van der Waals surface area contributed by atoms with Gasteiger partial charge in [-0.25, -0.2) is 9.97 Å². The molecular formula is C17H23ClN6. The summed E-state index contributed by atoms with van der Waals surface area (Å²) in [5.41, 5.74) is 6.36. The molecule has 2 aromatic heterocycles. The number of anilines is 2. The van der Waals surface area contributed by atoms with Crippen molar-refractivity contribution in [2.45, 2.75) is 51.2 Å². The number of hydrogen-bond acceptors (Lipinski definition) is 6. The minimum atomic E-state index is 0. The van der Waals surface area contributed by atoms with Crippen LogP contribution in [0.3, 0.4) is 0 Å². The maximum absolute atomic E-state index is 9.14. The Bertz CT molecular complexity index is 755. The highest BCUT2D eigenvalue weighted by Gasteiger charge is 2.22. The predicted octanol–water partition coefficient (Wildman–Crippen LogP) is 3.04. The lowest BCUT2D eigenvalue weighted by Gasteiger charge is -2.16. The van der Waals surface area contributed by atoms with Crippen LogP contribution < -0.4 is 16.4 Å². The lowest BCUT2D eigenvalue weighted by atomic mass is 10.1. The standard InChI is InChI=1S/C17H22N6.ClH/c1-10(2)21-17-15-7-16(22-13-4-3-12(19)6-13)20-9-11(15)5-14(8-18)23-17;/h5,7,9-10,12-13H,3-4,6,19H2,1-2H3,(H,20,22)(H,21,23);1H/t12-,13-;/m0./s1. The third kappa shape index (κ3) is 4.05. The molecule has 2 atom stereocenters. The second-order valence-corrected chi connectivity index (χ2v) is 6.47. The van der Waals surface area contributed by atoms with E-state index in [9.17, 15) is 0 Å². The Kier molecular flexibility index (Phi) is 5.81. The summed E-state index contributed by atoms with van der Waals surface area (Å²) in [7, 11) is 0. The SMILES string of the molecule is CC(C)Nc1nc(C#N)cc2cnc(N[C@H]3CC[C@H](N)C3)cc12.Cl. The van der Waals surface area contributed by atoms with Gasteiger partial charge in [0.05, 0.1) is 0 Å². The fourth-order valence-electron chi connectivity index (χ4n) is 3.02. The van der Waals surface area contributed by atoms with Crippen LogP contribution in [0.2, 0.25) is 0 Å². The number of hydrogen-bond donors (Lipinski definition) is 3. The van der Waals surface area contributed by atoms with Crippen molar-refractivity contribution in [1.29, 1.82) is 5.26 Å². The molecule has 0 radical (unpaired) electrons. The van der Waals surface area contributed by atoms with Crippen LogP contribution in [0.1, 0.15) is 38.8 Å². The number of rotatable bonds is 4. The minimum Gasteiger partial charge on any atom is -0.367 e. The van der Waals surface area contributed by atoms with Crippen LogP contribution in [0, 0.1) is 11.3 Å². The van der Waals surface area contributed by atoms with Crippen LogP contribution >= 0.6 is 12.4 Å². The number of fused-ring (bicyclic) bond motifs is 1. The number of nitrogens with zero attached hydrogens (tertiary/aromatic N) is 3. The van der Waals surface area contributed by atoms with Crippen molar-refractivity contribution in [2.24, 2.45) is 5.73 Å². The van der Waals surface area contributed by atoms with Gasteiger partial charge in [-0.05, 0) is 45.2 Å². The maximum atomic E-state index is 9.14. The molecule has 0 saturated heterocycles. The van der Waals surface area contributed by atoms with Gasteiger partial charge in [-0.3, -0.25) is 0 Å². The molecule has 4 N–H and O–H groups in total. The van der Waals surface area contributed by atoms with Gasteiger partial charge < -0.3 is 16.4 Å². The number of halogens is 1. The van der Waals surface area contributed by atoms with Gasteiger partial charge in [-0.2, -0.15) is 5.26 Å². The summed E-state index contributed by atoms with van der Waals surface area (Å²) in [5, 5.41) is 17.8. The number of nitrogens with one attached hydrogen (secondary N) is 2. The zero-order valence-electron chi connectivity index (χ0n) is 13.9. The van der Waals surface area contributed by atoms with E-state index in [1.807, 2.05) is 19.9 Å². The van der Waals surface area contributed by atoms with Gasteiger partial charge in [-0.1, -0.05) is 0 Å². The van der Waals surface area contributed by atoms with Crippen molar-refractivity contribution >= 4 is 34.8 Å². The van der Waals surface area contributed by atoms with Gasteiger partial charge in [0.2, 0.25) is 0 Å². The molecule has 0 bridgehead atoms. The molecule has 7 heteroatoms. The first-order chi connectivity index (χ1) is 11.0. The van der Waals surface area contributed by atoms with Crippen molar-refractivity contribution in [3.63, 3.8) is 0 Å². The Hall–Kier alpha value is -2.10. The van der Waals surface area contributed by atoms with E-state index in [1.165, 1.54) is 0 Å². The monoisotopic (exact) mass is 346 g/mol. The van der Waals surface area contributed by atoms with E-state index in [0.29, 0.717) is 11.7 Å². The fourth-order valence-corrected chi connectivity index (χ4v) is 3.02. The van der Waals surface area contributed by atoms with E-state index in [1.54, 1.807) is 12.3 Å².